The number of nitrogens with one attached hydrogen (secondary N) is 2. The maximum atomic E-state index is 12.7. The van der Waals surface area contributed by atoms with Gasteiger partial charge in [0.1, 0.15) is 0 Å². The van der Waals surface area contributed by atoms with Crippen LogP contribution in [-0.4, -0.2) is 21.7 Å². The van der Waals surface area contributed by atoms with Crippen LogP contribution in [-0.2, 0) is 6.42 Å². The summed E-state index contributed by atoms with van der Waals surface area (Å²) in [6.45, 7) is 4.00. The van der Waals surface area contributed by atoms with Crippen molar-refractivity contribution in [1.29, 1.82) is 0 Å². The lowest BCUT2D eigenvalue weighted by Gasteiger charge is -2.10. The molecule has 138 valence electrons. The number of urea groups is 1. The van der Waals surface area contributed by atoms with Crippen molar-refractivity contribution in [1.82, 2.24) is 9.78 Å². The van der Waals surface area contributed by atoms with Crippen molar-refractivity contribution < 1.29 is 9.59 Å². The van der Waals surface area contributed by atoms with E-state index in [2.05, 4.69) is 15.7 Å². The summed E-state index contributed by atoms with van der Waals surface area (Å²) in [7, 11) is 0. The normalized spacial score (nSPS) is 10.4. The third-order valence-electron chi connectivity index (χ3n) is 4.11. The van der Waals surface area contributed by atoms with E-state index in [0.717, 1.165) is 16.9 Å². The molecule has 0 saturated carbocycles. The molecule has 4 N–H and O–H groups in total. The van der Waals surface area contributed by atoms with Gasteiger partial charge in [-0.25, -0.2) is 9.48 Å². The Morgan fingerprint density at radius 3 is 2.37 bits per heavy atom. The van der Waals surface area contributed by atoms with Crippen LogP contribution in [0.4, 0.5) is 16.2 Å². The topological polar surface area (TPSA) is 102 Å². The van der Waals surface area contributed by atoms with Gasteiger partial charge in [0.15, 0.2) is 0 Å². The molecule has 0 aliphatic heterocycles. The fraction of sp³-hybridized carbons (Fsp3) is 0.150. The summed E-state index contributed by atoms with van der Waals surface area (Å²) in [4.78, 5) is 23.7. The van der Waals surface area contributed by atoms with Gasteiger partial charge in [0.25, 0.3) is 5.91 Å². The van der Waals surface area contributed by atoms with Crippen LogP contribution >= 0.6 is 0 Å². The average molecular weight is 363 g/mol. The Hall–Kier alpha value is -3.61. The molecule has 0 radical (unpaired) electrons. The molecule has 0 atom stereocenters. The number of carbonyl (C=O) groups excluding carboxylic acids is 2. The van der Waals surface area contributed by atoms with Crippen LogP contribution in [0.5, 0.6) is 0 Å². The molecule has 0 saturated heterocycles. The molecule has 0 unspecified atom stereocenters. The second-order valence-corrected chi connectivity index (χ2v) is 6.13. The predicted molar refractivity (Wildman–Crippen MR) is 105 cm³/mol. The van der Waals surface area contributed by atoms with Crippen molar-refractivity contribution in [2.24, 2.45) is 5.73 Å². The summed E-state index contributed by atoms with van der Waals surface area (Å²) in [6, 6.07) is 14.1. The summed E-state index contributed by atoms with van der Waals surface area (Å²) in [5.41, 5.74) is 9.57. The highest BCUT2D eigenvalue weighted by atomic mass is 16.2. The monoisotopic (exact) mass is 363 g/mol. The number of aryl methyl sites for hydroxylation is 1. The van der Waals surface area contributed by atoms with Gasteiger partial charge in [0, 0.05) is 11.4 Å². The Balaban J connectivity index is 1.85. The molecule has 7 heteroatoms. The van der Waals surface area contributed by atoms with Crippen molar-refractivity contribution in [3.63, 3.8) is 0 Å². The molecule has 27 heavy (non-hydrogen) atoms. The Morgan fingerprint density at radius 2 is 1.74 bits per heavy atom. The zero-order valence-corrected chi connectivity index (χ0v) is 15.2. The van der Waals surface area contributed by atoms with Crippen molar-refractivity contribution in [3.8, 4) is 5.69 Å². The van der Waals surface area contributed by atoms with Crippen LogP contribution in [0.3, 0.4) is 0 Å². The van der Waals surface area contributed by atoms with Crippen LogP contribution in [0.2, 0.25) is 0 Å². The molecule has 0 aliphatic rings. The van der Waals surface area contributed by atoms with E-state index in [0.29, 0.717) is 23.4 Å². The minimum absolute atomic E-state index is 0.263. The molecule has 1 heterocycles. The number of carbonyl (C=O) groups is 2. The van der Waals surface area contributed by atoms with Gasteiger partial charge >= 0.3 is 6.03 Å². The molecular formula is C20H21N5O2. The van der Waals surface area contributed by atoms with Gasteiger partial charge in [-0.1, -0.05) is 30.7 Å². The zero-order valence-electron chi connectivity index (χ0n) is 15.2. The minimum Gasteiger partial charge on any atom is -0.351 e. The van der Waals surface area contributed by atoms with Crippen LogP contribution in [0.15, 0.2) is 54.7 Å². The highest BCUT2D eigenvalue weighted by Gasteiger charge is 2.17. The molecule has 1 aromatic heterocycles. The number of rotatable bonds is 5. The quantitative estimate of drug-likeness (QED) is 0.646. The van der Waals surface area contributed by atoms with E-state index in [1.165, 1.54) is 0 Å². The number of aromatic nitrogens is 2. The largest absolute Gasteiger partial charge is 0.351 e. The lowest BCUT2D eigenvalue weighted by molar-refractivity contribution is 0.102. The van der Waals surface area contributed by atoms with E-state index in [-0.39, 0.29) is 5.91 Å². The Morgan fingerprint density at radius 1 is 1.07 bits per heavy atom. The SMILES string of the molecule is CCc1c(C(=O)Nc2cccc(NC(N)=O)c2)cnn1-c1ccc(C)cc1. The predicted octanol–water partition coefficient (Wildman–Crippen LogP) is 3.49. The number of hydrogen-bond acceptors (Lipinski definition) is 3. The first kappa shape index (κ1) is 18.2. The molecule has 7 nitrogen and oxygen atoms in total. The van der Waals surface area contributed by atoms with Gasteiger partial charge in [-0.05, 0) is 43.7 Å². The van der Waals surface area contributed by atoms with E-state index < -0.39 is 6.03 Å². The van der Waals surface area contributed by atoms with Crippen LogP contribution < -0.4 is 16.4 Å². The Bertz CT molecular complexity index is 976. The first-order valence-corrected chi connectivity index (χ1v) is 8.59. The van der Waals surface area contributed by atoms with Gasteiger partial charge in [-0.15, -0.1) is 0 Å². The summed E-state index contributed by atoms with van der Waals surface area (Å²) in [5, 5.41) is 9.71. The molecule has 3 rings (SSSR count). The zero-order chi connectivity index (χ0) is 19.4. The molecule has 0 bridgehead atoms. The molecule has 0 spiro atoms. The third-order valence-corrected chi connectivity index (χ3v) is 4.11. The van der Waals surface area contributed by atoms with Crippen molar-refractivity contribution >= 4 is 23.3 Å². The summed E-state index contributed by atoms with van der Waals surface area (Å²) < 4.78 is 1.78. The van der Waals surface area contributed by atoms with Crippen LogP contribution in [0.25, 0.3) is 5.69 Å². The van der Waals surface area contributed by atoms with Crippen molar-refractivity contribution in [2.45, 2.75) is 20.3 Å². The highest BCUT2D eigenvalue weighted by molar-refractivity contribution is 6.05. The number of benzene rings is 2. The lowest BCUT2D eigenvalue weighted by Crippen LogP contribution is -2.19. The summed E-state index contributed by atoms with van der Waals surface area (Å²) in [5.74, 6) is -0.263. The number of anilines is 2. The maximum absolute atomic E-state index is 12.7. The van der Waals surface area contributed by atoms with Crippen molar-refractivity contribution in [3.05, 3.63) is 71.5 Å². The van der Waals surface area contributed by atoms with Gasteiger partial charge in [0.2, 0.25) is 0 Å². The average Bonchev–Trinajstić information content (AvgIpc) is 3.06. The summed E-state index contributed by atoms with van der Waals surface area (Å²) >= 11 is 0. The first-order valence-electron chi connectivity index (χ1n) is 8.59. The molecular weight excluding hydrogens is 342 g/mol. The van der Waals surface area contributed by atoms with Gasteiger partial charge in [-0.3, -0.25) is 4.79 Å². The minimum atomic E-state index is -0.661. The number of amides is 3. The highest BCUT2D eigenvalue weighted by Crippen LogP contribution is 2.20. The van der Waals surface area contributed by atoms with Crippen LogP contribution in [0.1, 0.15) is 28.5 Å². The Labute approximate surface area is 157 Å². The second kappa shape index (κ2) is 7.74. The number of nitrogens with zero attached hydrogens (tertiary/aromatic N) is 2. The van der Waals surface area contributed by atoms with Gasteiger partial charge in [0.05, 0.1) is 23.1 Å². The lowest BCUT2D eigenvalue weighted by atomic mass is 10.1. The van der Waals surface area contributed by atoms with Crippen molar-refractivity contribution in [2.75, 3.05) is 10.6 Å². The number of nitrogens with two attached hydrogens (primary N) is 1. The smallest absolute Gasteiger partial charge is 0.316 e. The standard InChI is InChI=1S/C20H21N5O2/c1-3-18-17(12-22-25(18)16-9-7-13(2)8-10-16)19(26)23-14-5-4-6-15(11-14)24-20(21)27/h4-12H,3H2,1-2H3,(H,23,26)(H3,21,24,27). The molecule has 0 fully saturated rings. The fourth-order valence-corrected chi connectivity index (χ4v) is 2.83. The maximum Gasteiger partial charge on any atom is 0.316 e. The van der Waals surface area contributed by atoms with Gasteiger partial charge in [-0.2, -0.15) is 5.10 Å². The molecule has 2 aromatic carbocycles. The van der Waals surface area contributed by atoms with E-state index in [1.54, 1.807) is 35.1 Å². The summed E-state index contributed by atoms with van der Waals surface area (Å²) in [6.07, 6.45) is 2.22. The number of primary amides is 1. The second-order valence-electron chi connectivity index (χ2n) is 6.13. The van der Waals surface area contributed by atoms with Gasteiger partial charge < -0.3 is 16.4 Å². The van der Waals surface area contributed by atoms with E-state index in [4.69, 9.17) is 5.73 Å². The first-order chi connectivity index (χ1) is 13.0. The molecule has 3 amide bonds. The van der Waals surface area contributed by atoms with E-state index in [9.17, 15) is 9.59 Å². The van der Waals surface area contributed by atoms with Crippen LogP contribution in [0, 0.1) is 6.92 Å². The third kappa shape index (κ3) is 4.14. The Kier molecular flexibility index (Phi) is 5.21. The fourth-order valence-electron chi connectivity index (χ4n) is 2.83. The molecule has 3 aromatic rings. The van der Waals surface area contributed by atoms with E-state index >= 15 is 0 Å². The molecule has 0 aliphatic carbocycles. The number of hydrogen-bond donors (Lipinski definition) is 3. The van der Waals surface area contributed by atoms with E-state index in [1.807, 2.05) is 38.1 Å².